The van der Waals surface area contributed by atoms with Gasteiger partial charge in [-0.25, -0.2) is 8.78 Å². The van der Waals surface area contributed by atoms with E-state index in [4.69, 9.17) is 4.74 Å². The second kappa shape index (κ2) is 6.68. The molecule has 1 aliphatic rings. The van der Waals surface area contributed by atoms with Gasteiger partial charge in [0.2, 0.25) is 5.91 Å². The third-order valence-electron chi connectivity index (χ3n) is 4.12. The van der Waals surface area contributed by atoms with Crippen LogP contribution < -0.4 is 5.32 Å². The number of carbonyl (C=O) groups excluding carboxylic acids is 1. The van der Waals surface area contributed by atoms with Gasteiger partial charge >= 0.3 is 0 Å². The number of amides is 1. The first-order valence-corrected chi connectivity index (χ1v) is 7.89. The molecule has 0 saturated carbocycles. The minimum atomic E-state index is -1.06. The minimum Gasteiger partial charge on any atom is -0.371 e. The summed E-state index contributed by atoms with van der Waals surface area (Å²) in [5, 5.41) is 6.73. The van der Waals surface area contributed by atoms with Gasteiger partial charge in [0, 0.05) is 18.8 Å². The molecule has 0 bridgehead atoms. The Kier molecular flexibility index (Phi) is 4.62. The predicted molar refractivity (Wildman–Crippen MR) is 84.4 cm³/mol. The van der Waals surface area contributed by atoms with E-state index in [0.717, 1.165) is 11.8 Å². The van der Waals surface area contributed by atoms with E-state index in [9.17, 15) is 13.6 Å². The van der Waals surface area contributed by atoms with Gasteiger partial charge in [0.25, 0.3) is 0 Å². The Balaban J connectivity index is 1.81. The van der Waals surface area contributed by atoms with Crippen LogP contribution in [-0.4, -0.2) is 22.3 Å². The molecule has 7 heteroatoms. The quantitative estimate of drug-likeness (QED) is 0.931. The lowest BCUT2D eigenvalue weighted by Crippen LogP contribution is -2.27. The molecule has 2 heterocycles. The maximum absolute atomic E-state index is 13.8. The fourth-order valence-electron chi connectivity index (χ4n) is 2.96. The topological polar surface area (TPSA) is 56.2 Å². The molecule has 1 aromatic carbocycles. The number of nitrogens with one attached hydrogen (secondary N) is 1. The molecule has 3 rings (SSSR count). The van der Waals surface area contributed by atoms with Crippen LogP contribution in [0.2, 0.25) is 0 Å². The Morgan fingerprint density at radius 1 is 1.38 bits per heavy atom. The number of hydrogen-bond donors (Lipinski definition) is 1. The smallest absolute Gasteiger partial charge is 0.230 e. The Labute approximate surface area is 138 Å². The van der Waals surface area contributed by atoms with E-state index in [2.05, 4.69) is 10.4 Å². The highest BCUT2D eigenvalue weighted by atomic mass is 19.2. The van der Waals surface area contributed by atoms with Crippen LogP contribution in [0.25, 0.3) is 0 Å². The molecular formula is C17H19F2N3O2. The van der Waals surface area contributed by atoms with Crippen LogP contribution in [0.4, 0.5) is 14.5 Å². The van der Waals surface area contributed by atoms with E-state index in [1.54, 1.807) is 10.9 Å². The summed E-state index contributed by atoms with van der Waals surface area (Å²) in [7, 11) is 0. The van der Waals surface area contributed by atoms with Crippen LogP contribution in [0.15, 0.2) is 30.5 Å². The number of hydrogen-bond acceptors (Lipinski definition) is 3. The van der Waals surface area contributed by atoms with Crippen molar-refractivity contribution in [2.24, 2.45) is 5.92 Å². The second-order valence-corrected chi connectivity index (χ2v) is 6.07. The first-order chi connectivity index (χ1) is 11.5. The van der Waals surface area contributed by atoms with E-state index in [0.29, 0.717) is 13.0 Å². The van der Waals surface area contributed by atoms with Crippen molar-refractivity contribution in [2.45, 2.75) is 32.4 Å². The summed E-state index contributed by atoms with van der Waals surface area (Å²) in [6.45, 7) is 4.41. The Bertz CT molecular complexity index is 745. The summed E-state index contributed by atoms with van der Waals surface area (Å²) in [6.07, 6.45) is 1.72. The molecule has 2 aromatic rings. The Hall–Kier alpha value is -2.28. The van der Waals surface area contributed by atoms with Crippen molar-refractivity contribution in [3.05, 3.63) is 47.8 Å². The Morgan fingerprint density at radius 3 is 2.92 bits per heavy atom. The van der Waals surface area contributed by atoms with Crippen molar-refractivity contribution in [2.75, 3.05) is 11.9 Å². The number of anilines is 1. The fraction of sp³-hybridized carbons (Fsp3) is 0.412. The Morgan fingerprint density at radius 2 is 2.17 bits per heavy atom. The molecule has 5 nitrogen and oxygen atoms in total. The average Bonchev–Trinajstić information content (AvgIpc) is 3.19. The average molecular weight is 335 g/mol. The fourth-order valence-corrected chi connectivity index (χ4v) is 2.96. The number of aromatic nitrogens is 2. The van der Waals surface area contributed by atoms with Gasteiger partial charge in [-0.05, 0) is 38.5 Å². The molecule has 24 heavy (non-hydrogen) atoms. The zero-order valence-corrected chi connectivity index (χ0v) is 13.5. The predicted octanol–water partition coefficient (Wildman–Crippen LogP) is 3.46. The minimum absolute atomic E-state index is 0.128. The maximum atomic E-state index is 13.8. The molecule has 0 radical (unpaired) electrons. The monoisotopic (exact) mass is 335 g/mol. The van der Waals surface area contributed by atoms with Crippen molar-refractivity contribution in [1.29, 1.82) is 0 Å². The summed E-state index contributed by atoms with van der Waals surface area (Å²) < 4.78 is 34.6. The number of benzene rings is 1. The molecule has 0 aliphatic carbocycles. The molecule has 0 spiro atoms. The van der Waals surface area contributed by atoms with Crippen LogP contribution in [0.3, 0.4) is 0 Å². The number of halogens is 2. The van der Waals surface area contributed by atoms with E-state index in [1.807, 2.05) is 19.9 Å². The van der Waals surface area contributed by atoms with E-state index < -0.39 is 29.6 Å². The summed E-state index contributed by atoms with van der Waals surface area (Å²) in [5.74, 6) is -2.93. The number of rotatable bonds is 4. The van der Waals surface area contributed by atoms with E-state index in [1.165, 1.54) is 12.1 Å². The highest BCUT2D eigenvalue weighted by Gasteiger charge is 2.37. The molecule has 2 atom stereocenters. The summed E-state index contributed by atoms with van der Waals surface area (Å²) >= 11 is 0. The highest BCUT2D eigenvalue weighted by molar-refractivity contribution is 5.93. The zero-order chi connectivity index (χ0) is 17.3. The molecule has 128 valence electrons. The lowest BCUT2D eigenvalue weighted by molar-refractivity contribution is -0.121. The van der Waals surface area contributed by atoms with Gasteiger partial charge < -0.3 is 10.1 Å². The van der Waals surface area contributed by atoms with Crippen molar-refractivity contribution in [3.8, 4) is 0 Å². The van der Waals surface area contributed by atoms with Crippen LogP contribution in [0.5, 0.6) is 0 Å². The van der Waals surface area contributed by atoms with Gasteiger partial charge in [0.1, 0.15) is 6.10 Å². The van der Waals surface area contributed by atoms with Crippen molar-refractivity contribution >= 4 is 11.6 Å². The van der Waals surface area contributed by atoms with Gasteiger partial charge in [-0.15, -0.1) is 0 Å². The van der Waals surface area contributed by atoms with Gasteiger partial charge in [0.05, 0.1) is 17.3 Å². The van der Waals surface area contributed by atoms with Crippen LogP contribution in [0, 0.1) is 17.6 Å². The lowest BCUT2D eigenvalue weighted by Gasteiger charge is -2.21. The first-order valence-electron chi connectivity index (χ1n) is 7.89. The van der Waals surface area contributed by atoms with Crippen LogP contribution in [0.1, 0.15) is 38.1 Å². The molecule has 1 saturated heterocycles. The lowest BCUT2D eigenvalue weighted by atomic mass is 9.97. The number of carbonyl (C=O) groups is 1. The molecule has 0 unspecified atom stereocenters. The van der Waals surface area contributed by atoms with Gasteiger partial charge in [-0.3, -0.25) is 9.48 Å². The normalized spacial score (nSPS) is 20.5. The molecule has 1 amide bonds. The zero-order valence-electron chi connectivity index (χ0n) is 13.5. The summed E-state index contributed by atoms with van der Waals surface area (Å²) in [4.78, 5) is 12.6. The van der Waals surface area contributed by atoms with Gasteiger partial charge in [0.15, 0.2) is 11.6 Å². The van der Waals surface area contributed by atoms with Crippen LogP contribution >= 0.6 is 0 Å². The van der Waals surface area contributed by atoms with Gasteiger partial charge in [-0.1, -0.05) is 6.07 Å². The molecule has 1 aliphatic heterocycles. The van der Waals surface area contributed by atoms with Gasteiger partial charge in [-0.2, -0.15) is 5.10 Å². The SMILES string of the molecule is CC(C)n1nccc1[C@H]1OCC[C@@H]1C(=O)Nc1cccc(F)c1F. The molecule has 1 fully saturated rings. The third-order valence-corrected chi connectivity index (χ3v) is 4.12. The van der Waals surface area contributed by atoms with Crippen molar-refractivity contribution in [1.82, 2.24) is 9.78 Å². The molecule has 1 aromatic heterocycles. The van der Waals surface area contributed by atoms with E-state index >= 15 is 0 Å². The van der Waals surface area contributed by atoms with Crippen molar-refractivity contribution < 1.29 is 18.3 Å². The number of nitrogens with zero attached hydrogens (tertiary/aromatic N) is 2. The van der Waals surface area contributed by atoms with E-state index in [-0.39, 0.29) is 11.7 Å². The summed E-state index contributed by atoms with van der Waals surface area (Å²) in [5.41, 5.74) is 0.644. The second-order valence-electron chi connectivity index (χ2n) is 6.07. The first kappa shape index (κ1) is 16.6. The van der Waals surface area contributed by atoms with Crippen molar-refractivity contribution in [3.63, 3.8) is 0 Å². The molecule has 1 N–H and O–H groups in total. The highest BCUT2D eigenvalue weighted by Crippen LogP contribution is 2.36. The third kappa shape index (κ3) is 3.03. The maximum Gasteiger partial charge on any atom is 0.230 e. The number of ether oxygens (including phenoxy) is 1. The standard InChI is InChI=1S/C17H19F2N3O2/c1-10(2)22-14(6-8-20-22)16-11(7-9-24-16)17(23)21-13-5-3-4-12(18)15(13)19/h3-6,8,10-11,16H,7,9H2,1-2H3,(H,21,23)/t11-,16-/m0/s1. The largest absolute Gasteiger partial charge is 0.371 e. The van der Waals surface area contributed by atoms with Crippen LogP contribution in [-0.2, 0) is 9.53 Å². The summed E-state index contributed by atoms with van der Waals surface area (Å²) in [6, 6.07) is 5.64. The molecular weight excluding hydrogens is 316 g/mol.